The van der Waals surface area contributed by atoms with Gasteiger partial charge in [0.25, 0.3) is 0 Å². The Labute approximate surface area is 162 Å². The molecule has 28 heavy (non-hydrogen) atoms. The third-order valence-electron chi connectivity index (χ3n) is 4.05. The van der Waals surface area contributed by atoms with Crippen molar-refractivity contribution in [3.63, 3.8) is 0 Å². The molecule has 0 aliphatic carbocycles. The van der Waals surface area contributed by atoms with E-state index in [-0.39, 0.29) is 36.8 Å². The van der Waals surface area contributed by atoms with Crippen LogP contribution in [-0.2, 0) is 9.59 Å². The Kier molecular flexibility index (Phi) is 6.44. The average Bonchev–Trinajstić information content (AvgIpc) is 2.68. The van der Waals surface area contributed by atoms with Gasteiger partial charge >= 0.3 is 0 Å². The number of benzene rings is 2. The first-order valence-corrected chi connectivity index (χ1v) is 8.89. The van der Waals surface area contributed by atoms with Gasteiger partial charge in [0, 0.05) is 5.69 Å². The molecule has 0 saturated carbocycles. The van der Waals surface area contributed by atoms with Crippen LogP contribution in [0, 0.1) is 5.82 Å². The highest BCUT2D eigenvalue weighted by Gasteiger charge is 2.21. The molecule has 0 bridgehead atoms. The van der Waals surface area contributed by atoms with Crippen LogP contribution in [0.15, 0.2) is 48.5 Å². The number of ether oxygens (including phenoxy) is 2. The topological polar surface area (TPSA) is 79.9 Å². The largest absolute Gasteiger partial charge is 0.486 e. The minimum absolute atomic E-state index is 0.0290. The van der Waals surface area contributed by atoms with Crippen molar-refractivity contribution in [2.24, 2.45) is 0 Å². The third kappa shape index (κ3) is 5.68. The number of halogens is 1. The van der Waals surface area contributed by atoms with E-state index in [0.29, 0.717) is 30.3 Å². The zero-order valence-electron chi connectivity index (χ0n) is 15.5. The summed E-state index contributed by atoms with van der Waals surface area (Å²) < 4.78 is 24.3. The molecule has 148 valence electrons. The molecule has 2 aromatic rings. The molecule has 3 rings (SSSR count). The first kappa shape index (κ1) is 19.6. The summed E-state index contributed by atoms with van der Waals surface area (Å²) in [5.74, 6) is 0.462. The average molecular weight is 387 g/mol. The van der Waals surface area contributed by atoms with E-state index in [2.05, 4.69) is 10.6 Å². The molecule has 2 amide bonds. The molecule has 1 heterocycles. The predicted molar refractivity (Wildman–Crippen MR) is 102 cm³/mol. The second-order valence-electron chi connectivity index (χ2n) is 6.53. The molecule has 1 aliphatic rings. The van der Waals surface area contributed by atoms with E-state index in [0.717, 1.165) is 0 Å². The second-order valence-corrected chi connectivity index (χ2v) is 6.53. The van der Waals surface area contributed by atoms with Crippen molar-refractivity contribution in [3.05, 3.63) is 54.3 Å². The number of para-hydroxylation sites is 2. The number of nitrogens with zero attached hydrogens (tertiary/aromatic N) is 1. The van der Waals surface area contributed by atoms with Crippen molar-refractivity contribution < 1.29 is 23.5 Å². The van der Waals surface area contributed by atoms with Gasteiger partial charge in [-0.05, 0) is 43.4 Å². The number of anilines is 1. The molecule has 1 aliphatic heterocycles. The number of amides is 2. The second kappa shape index (κ2) is 9.18. The van der Waals surface area contributed by atoms with E-state index >= 15 is 0 Å². The lowest BCUT2D eigenvalue weighted by atomic mass is 10.2. The third-order valence-corrected chi connectivity index (χ3v) is 4.05. The van der Waals surface area contributed by atoms with Crippen molar-refractivity contribution in [1.29, 1.82) is 0 Å². The molecule has 2 aromatic carbocycles. The predicted octanol–water partition coefficient (Wildman–Crippen LogP) is 1.65. The molecule has 1 unspecified atom stereocenters. The summed E-state index contributed by atoms with van der Waals surface area (Å²) >= 11 is 0. The van der Waals surface area contributed by atoms with Crippen molar-refractivity contribution >= 4 is 17.5 Å². The number of rotatable bonds is 7. The van der Waals surface area contributed by atoms with Gasteiger partial charge in [0.2, 0.25) is 11.8 Å². The molecule has 0 fully saturated rings. The van der Waals surface area contributed by atoms with Crippen LogP contribution in [-0.4, -0.2) is 56.1 Å². The van der Waals surface area contributed by atoms with Crippen molar-refractivity contribution in [2.75, 3.05) is 38.6 Å². The first-order chi connectivity index (χ1) is 13.5. The highest BCUT2D eigenvalue weighted by molar-refractivity contribution is 5.92. The Hall–Kier alpha value is -3.13. The molecule has 1 atom stereocenters. The van der Waals surface area contributed by atoms with E-state index in [1.165, 1.54) is 24.3 Å². The van der Waals surface area contributed by atoms with Gasteiger partial charge in [-0.1, -0.05) is 12.1 Å². The van der Waals surface area contributed by atoms with Crippen molar-refractivity contribution in [1.82, 2.24) is 10.2 Å². The lowest BCUT2D eigenvalue weighted by Gasteiger charge is -2.26. The summed E-state index contributed by atoms with van der Waals surface area (Å²) in [6.07, 6.45) is -0.272. The van der Waals surface area contributed by atoms with Crippen LogP contribution in [0.4, 0.5) is 10.1 Å². The number of hydrogen-bond acceptors (Lipinski definition) is 5. The lowest BCUT2D eigenvalue weighted by Crippen LogP contribution is -2.44. The molecular weight excluding hydrogens is 365 g/mol. The van der Waals surface area contributed by atoms with Crippen LogP contribution in [0.2, 0.25) is 0 Å². The van der Waals surface area contributed by atoms with Gasteiger partial charge < -0.3 is 20.1 Å². The Morgan fingerprint density at radius 2 is 1.75 bits per heavy atom. The maximum Gasteiger partial charge on any atom is 0.238 e. The summed E-state index contributed by atoms with van der Waals surface area (Å²) in [6.45, 7) is 0.748. The monoisotopic (exact) mass is 387 g/mol. The van der Waals surface area contributed by atoms with E-state index in [1.807, 2.05) is 24.3 Å². The Bertz CT molecular complexity index is 828. The number of nitrogens with one attached hydrogen (secondary N) is 2. The number of carbonyl (C=O) groups is 2. The number of carbonyl (C=O) groups excluding carboxylic acids is 2. The van der Waals surface area contributed by atoms with Crippen LogP contribution in [0.3, 0.4) is 0 Å². The van der Waals surface area contributed by atoms with E-state index in [1.54, 1.807) is 11.9 Å². The molecule has 0 saturated heterocycles. The Morgan fingerprint density at radius 3 is 2.50 bits per heavy atom. The maximum absolute atomic E-state index is 12.9. The van der Waals surface area contributed by atoms with E-state index in [9.17, 15) is 14.0 Å². The zero-order valence-corrected chi connectivity index (χ0v) is 15.5. The molecule has 0 spiro atoms. The first-order valence-electron chi connectivity index (χ1n) is 8.89. The standard InChI is InChI=1S/C20H22FN3O4/c1-24(12-20(26)23-15-8-6-14(21)7-9-15)11-19(25)22-10-16-13-27-17-4-2-3-5-18(17)28-16/h2-9,16H,10-13H2,1H3,(H,22,25)(H,23,26). The minimum Gasteiger partial charge on any atom is -0.486 e. The van der Waals surface area contributed by atoms with E-state index in [4.69, 9.17) is 9.47 Å². The highest BCUT2D eigenvalue weighted by Crippen LogP contribution is 2.30. The van der Waals surface area contributed by atoms with Crippen LogP contribution in [0.1, 0.15) is 0 Å². The van der Waals surface area contributed by atoms with Crippen molar-refractivity contribution in [2.45, 2.75) is 6.10 Å². The van der Waals surface area contributed by atoms with Gasteiger partial charge in [0.05, 0.1) is 19.6 Å². The SMILES string of the molecule is CN(CC(=O)NCC1COc2ccccc2O1)CC(=O)Nc1ccc(F)cc1. The highest BCUT2D eigenvalue weighted by atomic mass is 19.1. The van der Waals surface area contributed by atoms with Gasteiger partial charge in [-0.2, -0.15) is 0 Å². The maximum atomic E-state index is 12.9. The Morgan fingerprint density at radius 1 is 1.07 bits per heavy atom. The summed E-state index contributed by atoms with van der Waals surface area (Å²) in [6, 6.07) is 12.9. The van der Waals surface area contributed by atoms with Crippen LogP contribution in [0.5, 0.6) is 11.5 Å². The van der Waals surface area contributed by atoms with Crippen LogP contribution >= 0.6 is 0 Å². The van der Waals surface area contributed by atoms with Crippen LogP contribution < -0.4 is 20.1 Å². The van der Waals surface area contributed by atoms with Crippen molar-refractivity contribution in [3.8, 4) is 11.5 Å². The molecule has 8 heteroatoms. The summed E-state index contributed by atoms with van der Waals surface area (Å²) in [4.78, 5) is 25.7. The summed E-state index contributed by atoms with van der Waals surface area (Å²) in [5, 5.41) is 5.44. The summed E-state index contributed by atoms with van der Waals surface area (Å²) in [7, 11) is 1.67. The number of hydrogen-bond donors (Lipinski definition) is 2. The fourth-order valence-corrected chi connectivity index (χ4v) is 2.73. The number of fused-ring (bicyclic) bond motifs is 1. The minimum atomic E-state index is -0.373. The smallest absolute Gasteiger partial charge is 0.238 e. The molecule has 7 nitrogen and oxygen atoms in total. The van der Waals surface area contributed by atoms with Gasteiger partial charge in [-0.15, -0.1) is 0 Å². The molecule has 0 radical (unpaired) electrons. The summed E-state index contributed by atoms with van der Waals surface area (Å²) in [5.41, 5.74) is 0.499. The molecular formula is C20H22FN3O4. The Balaban J connectivity index is 1.37. The quantitative estimate of drug-likeness (QED) is 0.755. The molecule has 0 aromatic heterocycles. The number of likely N-dealkylation sites (N-methyl/N-ethyl adjacent to an activating group) is 1. The normalized spacial score (nSPS) is 15.2. The molecule has 2 N–H and O–H groups in total. The van der Waals surface area contributed by atoms with Gasteiger partial charge in [-0.25, -0.2) is 4.39 Å². The zero-order chi connectivity index (χ0) is 19.9. The fraction of sp³-hybridized carbons (Fsp3) is 0.300. The van der Waals surface area contributed by atoms with Gasteiger partial charge in [-0.3, -0.25) is 14.5 Å². The lowest BCUT2D eigenvalue weighted by molar-refractivity contribution is -0.123. The van der Waals surface area contributed by atoms with E-state index < -0.39 is 0 Å². The van der Waals surface area contributed by atoms with Gasteiger partial charge in [0.1, 0.15) is 18.5 Å². The van der Waals surface area contributed by atoms with Gasteiger partial charge in [0.15, 0.2) is 11.5 Å². The van der Waals surface area contributed by atoms with Crippen LogP contribution in [0.25, 0.3) is 0 Å². The fourth-order valence-electron chi connectivity index (χ4n) is 2.73.